The molecule has 0 radical (unpaired) electrons. The molecule has 0 aliphatic rings. The molecular weight excluding hydrogens is 382 g/mol. The number of amides is 1. The third kappa shape index (κ3) is 4.90. The number of hydrogen-bond acceptors (Lipinski definition) is 5. The third-order valence-corrected chi connectivity index (χ3v) is 5.34. The molecule has 0 saturated heterocycles. The Balaban J connectivity index is 1.72. The first kappa shape index (κ1) is 20.7. The van der Waals surface area contributed by atoms with Crippen LogP contribution < -0.4 is 5.32 Å². The van der Waals surface area contributed by atoms with Gasteiger partial charge in [-0.1, -0.05) is 26.0 Å². The topological polar surface area (TPSA) is 83.6 Å². The number of nitrogens with one attached hydrogen (secondary N) is 1. The lowest BCUT2D eigenvalue weighted by Gasteiger charge is -2.23. The molecule has 6 nitrogen and oxygen atoms in total. The lowest BCUT2D eigenvalue weighted by Crippen LogP contribution is -2.26. The second kappa shape index (κ2) is 8.18. The maximum Gasteiger partial charge on any atom is 0.277 e. The summed E-state index contributed by atoms with van der Waals surface area (Å²) in [5.41, 5.74) is 2.96. The van der Waals surface area contributed by atoms with Gasteiger partial charge in [0, 0.05) is 23.2 Å². The Hall–Kier alpha value is -2.98. The SMILES string of the molecule is CC(C)c1cc(C(=O)Nc2ncc(Cc3ccc(C#N)cc3)s2)nn1C(C)(C)C. The predicted molar refractivity (Wildman–Crippen MR) is 115 cm³/mol. The first-order valence-corrected chi connectivity index (χ1v) is 10.3. The molecule has 0 aliphatic carbocycles. The van der Waals surface area contributed by atoms with Crippen LogP contribution in [0.2, 0.25) is 0 Å². The second-order valence-electron chi connectivity index (χ2n) is 8.26. The maximum atomic E-state index is 12.7. The van der Waals surface area contributed by atoms with Crippen molar-refractivity contribution in [3.63, 3.8) is 0 Å². The van der Waals surface area contributed by atoms with Gasteiger partial charge in [0.2, 0.25) is 0 Å². The van der Waals surface area contributed by atoms with E-state index in [1.165, 1.54) is 11.3 Å². The molecule has 1 N–H and O–H groups in total. The lowest BCUT2D eigenvalue weighted by atomic mass is 10.1. The molecule has 1 amide bonds. The van der Waals surface area contributed by atoms with E-state index in [9.17, 15) is 4.79 Å². The van der Waals surface area contributed by atoms with Crippen molar-refractivity contribution in [1.82, 2.24) is 14.8 Å². The molecule has 0 fully saturated rings. The van der Waals surface area contributed by atoms with Crippen molar-refractivity contribution in [3.8, 4) is 6.07 Å². The fraction of sp³-hybridized carbons (Fsp3) is 0.364. The number of carbonyl (C=O) groups is 1. The van der Waals surface area contributed by atoms with Gasteiger partial charge in [-0.05, 0) is 50.5 Å². The van der Waals surface area contributed by atoms with Crippen LogP contribution in [-0.4, -0.2) is 20.7 Å². The maximum absolute atomic E-state index is 12.7. The highest BCUT2D eigenvalue weighted by atomic mass is 32.1. The van der Waals surface area contributed by atoms with Crippen LogP contribution in [0.15, 0.2) is 36.5 Å². The first-order chi connectivity index (χ1) is 13.7. The van der Waals surface area contributed by atoms with Crippen molar-refractivity contribution < 1.29 is 4.79 Å². The Kier molecular flexibility index (Phi) is 5.85. The van der Waals surface area contributed by atoms with Gasteiger partial charge < -0.3 is 0 Å². The average Bonchev–Trinajstić information content (AvgIpc) is 3.29. The second-order valence-corrected chi connectivity index (χ2v) is 9.38. The van der Waals surface area contributed by atoms with E-state index in [1.807, 2.05) is 22.9 Å². The molecule has 2 aromatic heterocycles. The fourth-order valence-corrected chi connectivity index (χ4v) is 3.80. The molecule has 0 saturated carbocycles. The molecule has 0 aliphatic heterocycles. The minimum Gasteiger partial charge on any atom is -0.296 e. The summed E-state index contributed by atoms with van der Waals surface area (Å²) in [5, 5.41) is 16.8. The summed E-state index contributed by atoms with van der Waals surface area (Å²) < 4.78 is 1.92. The minimum absolute atomic E-state index is 0.201. The molecule has 150 valence electrons. The summed E-state index contributed by atoms with van der Waals surface area (Å²) in [6, 6.07) is 11.4. The van der Waals surface area contributed by atoms with Gasteiger partial charge in [-0.3, -0.25) is 14.8 Å². The van der Waals surface area contributed by atoms with Gasteiger partial charge in [0.25, 0.3) is 5.91 Å². The van der Waals surface area contributed by atoms with Gasteiger partial charge in [-0.15, -0.1) is 11.3 Å². The van der Waals surface area contributed by atoms with Crippen molar-refractivity contribution in [2.45, 2.75) is 52.5 Å². The fourth-order valence-electron chi connectivity index (χ4n) is 2.96. The Morgan fingerprint density at radius 1 is 1.28 bits per heavy atom. The van der Waals surface area contributed by atoms with Gasteiger partial charge in [0.15, 0.2) is 10.8 Å². The summed E-state index contributed by atoms with van der Waals surface area (Å²) in [5.74, 6) is 0.0105. The van der Waals surface area contributed by atoms with Crippen molar-refractivity contribution in [2.24, 2.45) is 0 Å². The molecule has 29 heavy (non-hydrogen) atoms. The summed E-state index contributed by atoms with van der Waals surface area (Å²) in [4.78, 5) is 18.1. The normalized spacial score (nSPS) is 11.5. The van der Waals surface area contributed by atoms with Crippen LogP contribution in [0.5, 0.6) is 0 Å². The number of hydrogen-bond donors (Lipinski definition) is 1. The summed E-state index contributed by atoms with van der Waals surface area (Å²) >= 11 is 1.44. The molecule has 3 aromatic rings. The molecule has 0 spiro atoms. The Labute approximate surface area is 175 Å². The summed E-state index contributed by atoms with van der Waals surface area (Å²) in [6.07, 6.45) is 2.47. The highest BCUT2D eigenvalue weighted by Crippen LogP contribution is 2.25. The average molecular weight is 408 g/mol. The molecule has 2 heterocycles. The van der Waals surface area contributed by atoms with Crippen molar-refractivity contribution >= 4 is 22.4 Å². The minimum atomic E-state index is -0.255. The van der Waals surface area contributed by atoms with Gasteiger partial charge in [0.1, 0.15) is 0 Å². The molecule has 7 heteroatoms. The zero-order chi connectivity index (χ0) is 21.2. The van der Waals surface area contributed by atoms with Crippen LogP contribution >= 0.6 is 11.3 Å². The van der Waals surface area contributed by atoms with Crippen LogP contribution in [-0.2, 0) is 12.0 Å². The number of benzene rings is 1. The lowest BCUT2D eigenvalue weighted by molar-refractivity contribution is 0.102. The van der Waals surface area contributed by atoms with E-state index in [-0.39, 0.29) is 17.4 Å². The van der Waals surface area contributed by atoms with E-state index in [1.54, 1.807) is 18.3 Å². The van der Waals surface area contributed by atoms with Gasteiger partial charge in [-0.25, -0.2) is 4.98 Å². The molecule has 0 unspecified atom stereocenters. The molecule has 3 rings (SSSR count). The van der Waals surface area contributed by atoms with E-state index in [0.717, 1.165) is 16.1 Å². The first-order valence-electron chi connectivity index (χ1n) is 9.53. The number of anilines is 1. The Morgan fingerprint density at radius 2 is 1.97 bits per heavy atom. The summed E-state index contributed by atoms with van der Waals surface area (Å²) in [6.45, 7) is 10.4. The highest BCUT2D eigenvalue weighted by molar-refractivity contribution is 7.15. The van der Waals surface area contributed by atoms with Crippen LogP contribution in [0.25, 0.3) is 0 Å². The largest absolute Gasteiger partial charge is 0.296 e. The van der Waals surface area contributed by atoms with Crippen LogP contribution in [0, 0.1) is 11.3 Å². The predicted octanol–water partition coefficient (Wildman–Crippen LogP) is 4.93. The van der Waals surface area contributed by atoms with Gasteiger partial charge >= 0.3 is 0 Å². The van der Waals surface area contributed by atoms with Gasteiger partial charge in [0.05, 0.1) is 17.2 Å². The zero-order valence-electron chi connectivity index (χ0n) is 17.4. The number of nitriles is 1. The van der Waals surface area contributed by atoms with E-state index in [4.69, 9.17) is 5.26 Å². The smallest absolute Gasteiger partial charge is 0.277 e. The van der Waals surface area contributed by atoms with E-state index in [0.29, 0.717) is 22.8 Å². The Morgan fingerprint density at radius 3 is 2.52 bits per heavy atom. The molecule has 1 aromatic carbocycles. The number of rotatable bonds is 5. The zero-order valence-corrected chi connectivity index (χ0v) is 18.2. The third-order valence-electron chi connectivity index (χ3n) is 4.43. The molecular formula is C22H25N5OS. The standard InChI is InChI=1S/C22H25N5OS/c1-14(2)19-11-18(26-27(19)22(3,4)5)20(28)25-21-24-13-17(29-21)10-15-6-8-16(12-23)9-7-15/h6-9,11,13-14H,10H2,1-5H3,(H,24,25,28). The summed E-state index contributed by atoms with van der Waals surface area (Å²) in [7, 11) is 0. The van der Waals surface area contributed by atoms with E-state index in [2.05, 4.69) is 56.1 Å². The number of thiazole rings is 1. The van der Waals surface area contributed by atoms with Gasteiger partial charge in [-0.2, -0.15) is 10.4 Å². The highest BCUT2D eigenvalue weighted by Gasteiger charge is 2.24. The van der Waals surface area contributed by atoms with E-state index < -0.39 is 0 Å². The molecule has 0 bridgehead atoms. The number of aromatic nitrogens is 3. The molecule has 0 atom stereocenters. The number of carbonyl (C=O) groups excluding carboxylic acids is 1. The number of nitrogens with zero attached hydrogens (tertiary/aromatic N) is 4. The van der Waals surface area contributed by atoms with Crippen molar-refractivity contribution in [3.05, 3.63) is 63.9 Å². The van der Waals surface area contributed by atoms with Crippen molar-refractivity contribution in [2.75, 3.05) is 5.32 Å². The van der Waals surface area contributed by atoms with Crippen LogP contribution in [0.4, 0.5) is 5.13 Å². The van der Waals surface area contributed by atoms with E-state index >= 15 is 0 Å². The van der Waals surface area contributed by atoms with Crippen molar-refractivity contribution in [1.29, 1.82) is 5.26 Å². The van der Waals surface area contributed by atoms with Crippen LogP contribution in [0.3, 0.4) is 0 Å². The Bertz CT molecular complexity index is 1050. The monoisotopic (exact) mass is 407 g/mol. The quantitative estimate of drug-likeness (QED) is 0.650. The van der Waals surface area contributed by atoms with Crippen LogP contribution in [0.1, 0.15) is 72.7 Å².